The molecule has 1 heterocycles. The van der Waals surface area contributed by atoms with Gasteiger partial charge >= 0.3 is 0 Å². The molecule has 1 fully saturated rings. The summed E-state index contributed by atoms with van der Waals surface area (Å²) in [6.45, 7) is 3.91. The molecule has 1 aliphatic rings. The number of nitriles is 1. The van der Waals surface area contributed by atoms with Gasteiger partial charge in [-0.05, 0) is 30.9 Å². The molecule has 0 atom stereocenters. The van der Waals surface area contributed by atoms with Crippen molar-refractivity contribution in [2.45, 2.75) is 6.42 Å². The lowest BCUT2D eigenvalue weighted by Crippen LogP contribution is -2.49. The Morgan fingerprint density at radius 2 is 2.00 bits per heavy atom. The second kappa shape index (κ2) is 8.76. The van der Waals surface area contributed by atoms with Gasteiger partial charge in [-0.3, -0.25) is 9.69 Å². The number of nitrogens with zero attached hydrogens (tertiary/aromatic N) is 3. The standard InChI is InChI=1S/C16H20FN3OS/c17-15-5-2-1-4-14(15)16(21)20-10-8-19(9-11-20)7-3-12-22-13-6-18/h1-2,4-5H,3,7-13H2. The van der Waals surface area contributed by atoms with E-state index < -0.39 is 5.82 Å². The molecule has 0 unspecified atom stereocenters. The largest absolute Gasteiger partial charge is 0.336 e. The predicted molar refractivity (Wildman–Crippen MR) is 86.3 cm³/mol. The minimum absolute atomic E-state index is 0.156. The molecule has 1 aromatic carbocycles. The molecule has 1 aromatic rings. The van der Waals surface area contributed by atoms with Gasteiger partial charge in [-0.2, -0.15) is 5.26 Å². The van der Waals surface area contributed by atoms with Crippen molar-refractivity contribution in [2.24, 2.45) is 0 Å². The summed E-state index contributed by atoms with van der Waals surface area (Å²) in [5.74, 6) is 0.860. The van der Waals surface area contributed by atoms with Crippen LogP contribution in [0.2, 0.25) is 0 Å². The van der Waals surface area contributed by atoms with Gasteiger partial charge in [0.2, 0.25) is 0 Å². The molecule has 0 N–H and O–H groups in total. The highest BCUT2D eigenvalue weighted by Crippen LogP contribution is 2.12. The Morgan fingerprint density at radius 3 is 2.68 bits per heavy atom. The monoisotopic (exact) mass is 321 g/mol. The molecule has 118 valence electrons. The van der Waals surface area contributed by atoms with Gasteiger partial charge in [-0.1, -0.05) is 12.1 Å². The summed E-state index contributed by atoms with van der Waals surface area (Å²) >= 11 is 1.65. The predicted octanol–water partition coefficient (Wildman–Crippen LogP) is 2.23. The number of amides is 1. The minimum atomic E-state index is -0.454. The van der Waals surface area contributed by atoms with Crippen molar-refractivity contribution in [2.75, 3.05) is 44.2 Å². The second-order valence-electron chi connectivity index (χ2n) is 5.18. The van der Waals surface area contributed by atoms with E-state index in [1.165, 1.54) is 12.1 Å². The average Bonchev–Trinajstić information content (AvgIpc) is 2.55. The highest BCUT2D eigenvalue weighted by molar-refractivity contribution is 7.99. The Labute approximate surface area is 134 Å². The van der Waals surface area contributed by atoms with Crippen molar-refractivity contribution in [3.05, 3.63) is 35.6 Å². The number of thioether (sulfide) groups is 1. The van der Waals surface area contributed by atoms with Gasteiger partial charge in [-0.15, -0.1) is 11.8 Å². The minimum Gasteiger partial charge on any atom is -0.336 e. The lowest BCUT2D eigenvalue weighted by Gasteiger charge is -2.34. The van der Waals surface area contributed by atoms with Crippen molar-refractivity contribution >= 4 is 17.7 Å². The van der Waals surface area contributed by atoms with Crippen LogP contribution in [0.25, 0.3) is 0 Å². The van der Waals surface area contributed by atoms with E-state index in [9.17, 15) is 9.18 Å². The van der Waals surface area contributed by atoms with Crippen LogP contribution in [0.4, 0.5) is 4.39 Å². The van der Waals surface area contributed by atoms with Crippen LogP contribution in [0.1, 0.15) is 16.8 Å². The molecular weight excluding hydrogens is 301 g/mol. The molecule has 4 nitrogen and oxygen atoms in total. The number of carbonyl (C=O) groups is 1. The topological polar surface area (TPSA) is 47.3 Å². The first-order valence-electron chi connectivity index (χ1n) is 7.43. The van der Waals surface area contributed by atoms with Gasteiger partial charge in [0.05, 0.1) is 17.4 Å². The highest BCUT2D eigenvalue weighted by atomic mass is 32.2. The summed E-state index contributed by atoms with van der Waals surface area (Å²) in [6.07, 6.45) is 1.05. The van der Waals surface area contributed by atoms with Crippen LogP contribution in [0.15, 0.2) is 24.3 Å². The highest BCUT2D eigenvalue weighted by Gasteiger charge is 2.23. The number of piperazine rings is 1. The quantitative estimate of drug-likeness (QED) is 0.754. The number of rotatable bonds is 6. The maximum atomic E-state index is 13.7. The lowest BCUT2D eigenvalue weighted by atomic mass is 10.1. The van der Waals surface area contributed by atoms with Crippen LogP contribution in [0, 0.1) is 17.1 Å². The smallest absolute Gasteiger partial charge is 0.256 e. The van der Waals surface area contributed by atoms with Crippen LogP contribution in [0.3, 0.4) is 0 Å². The van der Waals surface area contributed by atoms with Crippen molar-refractivity contribution in [1.29, 1.82) is 5.26 Å². The van der Waals surface area contributed by atoms with Crippen molar-refractivity contribution in [3.63, 3.8) is 0 Å². The van der Waals surface area contributed by atoms with E-state index in [2.05, 4.69) is 11.0 Å². The fourth-order valence-corrected chi connectivity index (χ4v) is 3.06. The fraction of sp³-hybridized carbons (Fsp3) is 0.500. The number of benzene rings is 1. The maximum Gasteiger partial charge on any atom is 0.256 e. The molecule has 0 saturated carbocycles. The first-order valence-corrected chi connectivity index (χ1v) is 8.58. The molecule has 1 aliphatic heterocycles. The normalized spacial score (nSPS) is 15.5. The Balaban J connectivity index is 1.74. The summed E-state index contributed by atoms with van der Waals surface area (Å²) < 4.78 is 13.7. The number of carbonyl (C=O) groups excluding carboxylic acids is 1. The van der Waals surface area contributed by atoms with E-state index in [0.717, 1.165) is 31.8 Å². The second-order valence-corrected chi connectivity index (χ2v) is 6.28. The van der Waals surface area contributed by atoms with Gasteiger partial charge in [-0.25, -0.2) is 4.39 Å². The summed E-state index contributed by atoms with van der Waals surface area (Å²) in [5, 5.41) is 8.46. The zero-order valence-electron chi connectivity index (χ0n) is 12.5. The molecule has 2 rings (SSSR count). The van der Waals surface area contributed by atoms with Crippen molar-refractivity contribution < 1.29 is 9.18 Å². The van der Waals surface area contributed by atoms with E-state index in [0.29, 0.717) is 18.8 Å². The maximum absolute atomic E-state index is 13.7. The van der Waals surface area contributed by atoms with E-state index in [-0.39, 0.29) is 11.5 Å². The summed E-state index contributed by atoms with van der Waals surface area (Å²) in [7, 11) is 0. The molecule has 0 aliphatic carbocycles. The Bertz CT molecular complexity index is 538. The van der Waals surface area contributed by atoms with Gasteiger partial charge < -0.3 is 4.90 Å². The van der Waals surface area contributed by atoms with Crippen molar-refractivity contribution in [3.8, 4) is 6.07 Å². The van der Waals surface area contributed by atoms with Gasteiger partial charge in [0.15, 0.2) is 0 Å². The number of hydrogen-bond acceptors (Lipinski definition) is 4. The van der Waals surface area contributed by atoms with E-state index in [1.54, 1.807) is 28.8 Å². The summed E-state index contributed by atoms with van der Waals surface area (Å²) in [6, 6.07) is 8.26. The Kier molecular flexibility index (Phi) is 6.69. The third kappa shape index (κ3) is 4.72. The van der Waals surface area contributed by atoms with Gasteiger partial charge in [0.25, 0.3) is 5.91 Å². The van der Waals surface area contributed by atoms with Crippen LogP contribution in [-0.2, 0) is 0 Å². The van der Waals surface area contributed by atoms with Gasteiger partial charge in [0, 0.05) is 26.2 Å². The Hall–Kier alpha value is -1.58. The first kappa shape index (κ1) is 16.8. The number of hydrogen-bond donors (Lipinski definition) is 0. The van der Waals surface area contributed by atoms with Crippen molar-refractivity contribution in [1.82, 2.24) is 9.80 Å². The lowest BCUT2D eigenvalue weighted by molar-refractivity contribution is 0.0633. The molecule has 0 aromatic heterocycles. The fourth-order valence-electron chi connectivity index (χ4n) is 2.49. The third-order valence-electron chi connectivity index (χ3n) is 3.69. The molecule has 0 spiro atoms. The molecule has 1 amide bonds. The van der Waals surface area contributed by atoms with Crippen LogP contribution in [0.5, 0.6) is 0 Å². The van der Waals surface area contributed by atoms with Crippen LogP contribution in [-0.4, -0.2) is 59.9 Å². The van der Waals surface area contributed by atoms with E-state index >= 15 is 0 Å². The average molecular weight is 321 g/mol. The summed E-state index contributed by atoms with van der Waals surface area (Å²) in [4.78, 5) is 16.3. The van der Waals surface area contributed by atoms with E-state index in [1.807, 2.05) is 0 Å². The first-order chi connectivity index (χ1) is 10.7. The SMILES string of the molecule is N#CCSCCCN1CCN(C(=O)c2ccccc2F)CC1. The molecule has 1 saturated heterocycles. The molecular formula is C16H20FN3OS. The molecule has 0 bridgehead atoms. The molecule has 22 heavy (non-hydrogen) atoms. The van der Waals surface area contributed by atoms with E-state index in [4.69, 9.17) is 5.26 Å². The molecule has 0 radical (unpaired) electrons. The third-order valence-corrected chi connectivity index (χ3v) is 4.60. The zero-order chi connectivity index (χ0) is 15.8. The zero-order valence-corrected chi connectivity index (χ0v) is 13.3. The van der Waals surface area contributed by atoms with Crippen LogP contribution >= 0.6 is 11.8 Å². The molecule has 6 heteroatoms. The van der Waals surface area contributed by atoms with Crippen LogP contribution < -0.4 is 0 Å². The summed E-state index contributed by atoms with van der Waals surface area (Å²) in [5.41, 5.74) is 0.156. The Morgan fingerprint density at radius 1 is 1.27 bits per heavy atom. The van der Waals surface area contributed by atoms with Gasteiger partial charge in [0.1, 0.15) is 5.82 Å². The number of halogens is 1.